The highest BCUT2D eigenvalue weighted by molar-refractivity contribution is 5.93. The first-order chi connectivity index (χ1) is 13.0. The fraction of sp³-hybridized carbons (Fsp3) is 0.600. The van der Waals surface area contributed by atoms with E-state index in [4.69, 9.17) is 21.7 Å². The number of carbonyl (C=O) groups excluding carboxylic acids is 4. The summed E-state index contributed by atoms with van der Waals surface area (Å²) in [5.41, 5.74) is 10.4. The van der Waals surface area contributed by atoms with E-state index in [9.17, 15) is 28.8 Å². The van der Waals surface area contributed by atoms with Gasteiger partial charge in [0.15, 0.2) is 0 Å². The second-order valence-electron chi connectivity index (χ2n) is 5.65. The molecule has 0 bridgehead atoms. The van der Waals surface area contributed by atoms with E-state index in [-0.39, 0.29) is 12.8 Å². The standard InChI is InChI=1S/C15H23N3O10/c1-18-9(15(26)28-11(20)5-3-8(17)14(24)25)6-12(21)27-10(19)4-2-7(16)13(22)23/h7-9,18H,2-6,16-17H2,1H3,(H,22,23)(H,24,25)/t7-,8-,9-/m1/s1. The van der Waals surface area contributed by atoms with Crippen molar-refractivity contribution >= 4 is 35.8 Å². The fourth-order valence-corrected chi connectivity index (χ4v) is 1.72. The molecule has 158 valence electrons. The quantitative estimate of drug-likeness (QED) is 0.167. The van der Waals surface area contributed by atoms with Crippen molar-refractivity contribution in [2.75, 3.05) is 7.05 Å². The Morgan fingerprint density at radius 3 is 1.64 bits per heavy atom. The number of ether oxygens (including phenoxy) is 2. The molecule has 0 radical (unpaired) electrons. The summed E-state index contributed by atoms with van der Waals surface area (Å²) in [4.78, 5) is 67.6. The number of carbonyl (C=O) groups is 6. The number of likely N-dealkylation sites (N-methyl/N-ethyl adjacent to an activating group) is 1. The Kier molecular flexibility index (Phi) is 11.2. The van der Waals surface area contributed by atoms with Crippen LogP contribution in [-0.4, -0.2) is 71.2 Å². The van der Waals surface area contributed by atoms with Crippen LogP contribution in [0.5, 0.6) is 0 Å². The predicted molar refractivity (Wildman–Crippen MR) is 89.4 cm³/mol. The summed E-state index contributed by atoms with van der Waals surface area (Å²) in [6.45, 7) is 0. The van der Waals surface area contributed by atoms with E-state index >= 15 is 0 Å². The summed E-state index contributed by atoms with van der Waals surface area (Å²) in [6.07, 6.45) is -1.99. The van der Waals surface area contributed by atoms with Gasteiger partial charge in [0.1, 0.15) is 18.1 Å². The Morgan fingerprint density at radius 1 is 0.821 bits per heavy atom. The highest BCUT2D eigenvalue weighted by Crippen LogP contribution is 2.04. The molecule has 0 rings (SSSR count). The largest absolute Gasteiger partial charge is 0.480 e. The van der Waals surface area contributed by atoms with E-state index in [1.807, 2.05) is 0 Å². The van der Waals surface area contributed by atoms with Crippen LogP contribution in [0, 0.1) is 0 Å². The molecule has 0 aliphatic carbocycles. The lowest BCUT2D eigenvalue weighted by Crippen LogP contribution is -2.39. The zero-order chi connectivity index (χ0) is 21.9. The third-order valence-electron chi connectivity index (χ3n) is 3.40. The second kappa shape index (κ2) is 12.5. The van der Waals surface area contributed by atoms with Crippen LogP contribution in [0.2, 0.25) is 0 Å². The molecular weight excluding hydrogens is 382 g/mol. The highest BCUT2D eigenvalue weighted by Gasteiger charge is 2.26. The van der Waals surface area contributed by atoms with Gasteiger partial charge < -0.3 is 36.5 Å². The average Bonchev–Trinajstić information content (AvgIpc) is 2.61. The van der Waals surface area contributed by atoms with Crippen molar-refractivity contribution < 1.29 is 48.5 Å². The molecule has 0 aromatic rings. The summed E-state index contributed by atoms with van der Waals surface area (Å²) in [5, 5.41) is 19.6. The molecule has 0 spiro atoms. The Morgan fingerprint density at radius 2 is 1.25 bits per heavy atom. The van der Waals surface area contributed by atoms with Crippen molar-refractivity contribution in [2.24, 2.45) is 11.5 Å². The molecule has 7 N–H and O–H groups in total. The molecule has 3 atom stereocenters. The zero-order valence-electron chi connectivity index (χ0n) is 15.1. The van der Waals surface area contributed by atoms with Gasteiger partial charge >= 0.3 is 35.8 Å². The molecule has 28 heavy (non-hydrogen) atoms. The number of carboxylic acid groups (broad SMARTS) is 2. The van der Waals surface area contributed by atoms with Crippen LogP contribution in [0.4, 0.5) is 0 Å². The first-order valence-corrected chi connectivity index (χ1v) is 8.10. The van der Waals surface area contributed by atoms with Gasteiger partial charge in [0.05, 0.1) is 6.42 Å². The van der Waals surface area contributed by atoms with Crippen molar-refractivity contribution in [1.82, 2.24) is 5.32 Å². The molecule has 0 aromatic heterocycles. The molecule has 0 fully saturated rings. The molecular formula is C15H23N3O10. The average molecular weight is 405 g/mol. The van der Waals surface area contributed by atoms with E-state index in [2.05, 4.69) is 14.8 Å². The van der Waals surface area contributed by atoms with E-state index in [0.29, 0.717) is 0 Å². The van der Waals surface area contributed by atoms with E-state index in [1.54, 1.807) is 0 Å². The smallest absolute Gasteiger partial charge is 0.331 e. The molecule has 13 heteroatoms. The van der Waals surface area contributed by atoms with Crippen LogP contribution in [0.15, 0.2) is 0 Å². The number of aliphatic carboxylic acids is 2. The number of nitrogens with one attached hydrogen (secondary N) is 1. The van der Waals surface area contributed by atoms with Crippen LogP contribution in [0.25, 0.3) is 0 Å². The second-order valence-corrected chi connectivity index (χ2v) is 5.65. The number of rotatable bonds is 12. The molecule has 0 heterocycles. The van der Waals surface area contributed by atoms with Crippen molar-refractivity contribution in [3.63, 3.8) is 0 Å². The first kappa shape index (κ1) is 25.1. The number of nitrogens with two attached hydrogens (primary N) is 2. The minimum Gasteiger partial charge on any atom is -0.480 e. The Labute approximate surface area is 159 Å². The predicted octanol–water partition coefficient (Wildman–Crippen LogP) is -2.51. The summed E-state index contributed by atoms with van der Waals surface area (Å²) < 4.78 is 8.91. The topological polar surface area (TPSA) is 225 Å². The van der Waals surface area contributed by atoms with Gasteiger partial charge in [0.25, 0.3) is 0 Å². The van der Waals surface area contributed by atoms with Crippen molar-refractivity contribution in [3.05, 3.63) is 0 Å². The maximum Gasteiger partial charge on any atom is 0.331 e. The summed E-state index contributed by atoms with van der Waals surface area (Å²) in [7, 11) is 1.29. The minimum atomic E-state index is -1.32. The molecule has 0 amide bonds. The Hall–Kier alpha value is -2.90. The van der Waals surface area contributed by atoms with Gasteiger partial charge in [-0.2, -0.15) is 0 Å². The van der Waals surface area contributed by atoms with Crippen molar-refractivity contribution in [2.45, 2.75) is 50.2 Å². The Balaban J connectivity index is 4.42. The SMILES string of the molecule is CN[C@H](CC(=O)OC(=O)CC[C@@H](N)C(=O)O)C(=O)OC(=O)CC[C@@H](N)C(=O)O. The number of hydrogen-bond donors (Lipinski definition) is 5. The molecule has 0 aromatic carbocycles. The molecule has 0 aliphatic rings. The maximum absolute atomic E-state index is 11.8. The molecule has 0 saturated heterocycles. The normalized spacial score (nSPS) is 13.7. The van der Waals surface area contributed by atoms with Gasteiger partial charge in [-0.25, -0.2) is 4.79 Å². The Bertz CT molecular complexity index is 621. The van der Waals surface area contributed by atoms with Crippen LogP contribution in [0.1, 0.15) is 32.1 Å². The minimum absolute atomic E-state index is 0.244. The fourth-order valence-electron chi connectivity index (χ4n) is 1.72. The number of esters is 4. The third kappa shape index (κ3) is 10.3. The lowest BCUT2D eigenvalue weighted by atomic mass is 10.1. The molecule has 0 saturated carbocycles. The lowest BCUT2D eigenvalue weighted by molar-refractivity contribution is -0.166. The van der Waals surface area contributed by atoms with E-state index in [0.717, 1.165) is 0 Å². The van der Waals surface area contributed by atoms with Gasteiger partial charge in [-0.1, -0.05) is 0 Å². The lowest BCUT2D eigenvalue weighted by Gasteiger charge is -2.14. The molecule has 0 aliphatic heterocycles. The van der Waals surface area contributed by atoms with E-state index in [1.165, 1.54) is 7.05 Å². The summed E-state index contributed by atoms with van der Waals surface area (Å²) in [6, 6.07) is -3.89. The van der Waals surface area contributed by atoms with Gasteiger partial charge in [-0.05, 0) is 19.9 Å². The zero-order valence-corrected chi connectivity index (χ0v) is 15.1. The molecule has 13 nitrogen and oxygen atoms in total. The third-order valence-corrected chi connectivity index (χ3v) is 3.40. The van der Waals surface area contributed by atoms with Crippen molar-refractivity contribution in [3.8, 4) is 0 Å². The van der Waals surface area contributed by atoms with Crippen LogP contribution in [0.3, 0.4) is 0 Å². The van der Waals surface area contributed by atoms with Gasteiger partial charge in [0, 0.05) is 12.8 Å². The number of hydrogen-bond acceptors (Lipinski definition) is 11. The van der Waals surface area contributed by atoms with Gasteiger partial charge in [-0.15, -0.1) is 0 Å². The molecule has 0 unspecified atom stereocenters. The maximum atomic E-state index is 11.8. The summed E-state index contributed by atoms with van der Waals surface area (Å²) in [5.74, 6) is -6.92. The van der Waals surface area contributed by atoms with Crippen LogP contribution < -0.4 is 16.8 Å². The van der Waals surface area contributed by atoms with Gasteiger partial charge in [-0.3, -0.25) is 24.0 Å². The first-order valence-electron chi connectivity index (χ1n) is 8.10. The van der Waals surface area contributed by atoms with E-state index < -0.39 is 73.2 Å². The van der Waals surface area contributed by atoms with Crippen LogP contribution in [-0.2, 0) is 38.2 Å². The monoisotopic (exact) mass is 405 g/mol. The summed E-state index contributed by atoms with van der Waals surface area (Å²) >= 11 is 0. The van der Waals surface area contributed by atoms with Crippen molar-refractivity contribution in [1.29, 1.82) is 0 Å². The van der Waals surface area contributed by atoms with Crippen LogP contribution >= 0.6 is 0 Å². The highest BCUT2D eigenvalue weighted by atomic mass is 16.6. The van der Waals surface area contributed by atoms with Gasteiger partial charge in [0.2, 0.25) is 0 Å². The number of carboxylic acids is 2.